The number of carbonyl (C=O) groups is 1. The summed E-state index contributed by atoms with van der Waals surface area (Å²) >= 11 is 0. The van der Waals surface area contributed by atoms with Gasteiger partial charge in [-0.25, -0.2) is 4.98 Å². The highest BCUT2D eigenvalue weighted by atomic mass is 16.2. The Kier molecular flexibility index (Phi) is 5.35. The van der Waals surface area contributed by atoms with Crippen LogP contribution in [-0.2, 0) is 11.3 Å². The van der Waals surface area contributed by atoms with Crippen molar-refractivity contribution >= 4 is 11.7 Å². The number of nitrogens with one attached hydrogen (secondary N) is 2. The number of likely N-dealkylation sites (N-methyl/N-ethyl adjacent to an activating group) is 1. The van der Waals surface area contributed by atoms with E-state index in [1.165, 1.54) is 0 Å². The Labute approximate surface area is 120 Å². The Bertz CT molecular complexity index is 445. The summed E-state index contributed by atoms with van der Waals surface area (Å²) in [5, 5.41) is 6.38. The molecule has 1 heterocycles. The molecule has 1 aliphatic rings. The Morgan fingerprint density at radius 2 is 2.30 bits per heavy atom. The lowest BCUT2D eigenvalue weighted by Crippen LogP contribution is -2.37. The Morgan fingerprint density at radius 1 is 1.50 bits per heavy atom. The molecule has 2 rings (SSSR count). The van der Waals surface area contributed by atoms with Crippen molar-refractivity contribution in [3.63, 3.8) is 0 Å². The minimum atomic E-state index is 0.0770. The van der Waals surface area contributed by atoms with Crippen molar-refractivity contribution in [2.24, 2.45) is 0 Å². The second-order valence-corrected chi connectivity index (χ2v) is 5.36. The molecule has 5 heteroatoms. The summed E-state index contributed by atoms with van der Waals surface area (Å²) in [7, 11) is 1.91. The van der Waals surface area contributed by atoms with E-state index in [0.29, 0.717) is 12.6 Å². The van der Waals surface area contributed by atoms with Crippen LogP contribution in [0.5, 0.6) is 0 Å². The van der Waals surface area contributed by atoms with Gasteiger partial charge in [-0.1, -0.05) is 13.0 Å². The van der Waals surface area contributed by atoms with Gasteiger partial charge in [-0.2, -0.15) is 0 Å². The molecule has 1 fully saturated rings. The normalized spacial score (nSPS) is 14.1. The molecule has 1 aliphatic carbocycles. The number of carbonyl (C=O) groups excluding carboxylic acids is 1. The molecule has 20 heavy (non-hydrogen) atoms. The first-order valence-electron chi connectivity index (χ1n) is 7.35. The molecule has 5 nitrogen and oxygen atoms in total. The molecule has 1 aromatic rings. The van der Waals surface area contributed by atoms with Gasteiger partial charge in [-0.3, -0.25) is 4.79 Å². The minimum absolute atomic E-state index is 0.0770. The second kappa shape index (κ2) is 7.24. The van der Waals surface area contributed by atoms with Crippen LogP contribution >= 0.6 is 0 Å². The summed E-state index contributed by atoms with van der Waals surface area (Å²) in [4.78, 5) is 18.2. The number of nitrogens with zero attached hydrogens (tertiary/aromatic N) is 2. The van der Waals surface area contributed by atoms with Gasteiger partial charge in [-0.15, -0.1) is 0 Å². The standard InChI is InChI=1S/C15H24N4O/c1-3-8-16-10-12-5-4-9-17-15(12)19(2)11-14(20)18-13-6-7-13/h4-5,9,13,16H,3,6-8,10-11H2,1-2H3,(H,18,20). The van der Waals surface area contributed by atoms with Crippen molar-refractivity contribution in [1.82, 2.24) is 15.6 Å². The summed E-state index contributed by atoms with van der Waals surface area (Å²) in [5.41, 5.74) is 1.13. The SMILES string of the molecule is CCCNCc1cccnc1N(C)CC(=O)NC1CC1. The summed E-state index contributed by atoms with van der Waals surface area (Å²) in [5.74, 6) is 0.954. The maximum atomic E-state index is 11.9. The molecule has 0 unspecified atom stereocenters. The van der Waals surface area contributed by atoms with Gasteiger partial charge in [0.2, 0.25) is 5.91 Å². The fourth-order valence-electron chi connectivity index (χ4n) is 2.10. The predicted octanol–water partition coefficient (Wildman–Crippen LogP) is 1.30. The zero-order valence-corrected chi connectivity index (χ0v) is 12.4. The number of pyridine rings is 1. The molecule has 1 saturated carbocycles. The number of aromatic nitrogens is 1. The van der Waals surface area contributed by atoms with Crippen LogP contribution in [0.2, 0.25) is 0 Å². The van der Waals surface area contributed by atoms with E-state index < -0.39 is 0 Å². The molecule has 0 saturated heterocycles. The zero-order valence-electron chi connectivity index (χ0n) is 12.4. The fraction of sp³-hybridized carbons (Fsp3) is 0.600. The van der Waals surface area contributed by atoms with E-state index in [2.05, 4.69) is 28.6 Å². The quantitative estimate of drug-likeness (QED) is 0.703. The zero-order chi connectivity index (χ0) is 14.4. The fourth-order valence-corrected chi connectivity index (χ4v) is 2.10. The van der Waals surface area contributed by atoms with Gasteiger partial charge >= 0.3 is 0 Å². The number of hydrogen-bond donors (Lipinski definition) is 2. The van der Waals surface area contributed by atoms with Crippen molar-refractivity contribution in [2.45, 2.75) is 38.8 Å². The lowest BCUT2D eigenvalue weighted by Gasteiger charge is -2.20. The maximum Gasteiger partial charge on any atom is 0.239 e. The lowest BCUT2D eigenvalue weighted by atomic mass is 10.2. The molecule has 0 aromatic carbocycles. The van der Waals surface area contributed by atoms with Crippen LogP contribution in [0.1, 0.15) is 31.7 Å². The van der Waals surface area contributed by atoms with Crippen molar-refractivity contribution in [2.75, 3.05) is 25.0 Å². The Morgan fingerprint density at radius 3 is 3.00 bits per heavy atom. The van der Waals surface area contributed by atoms with E-state index >= 15 is 0 Å². The number of anilines is 1. The van der Waals surface area contributed by atoms with Crippen LogP contribution in [0.15, 0.2) is 18.3 Å². The average Bonchev–Trinajstić information content (AvgIpc) is 3.23. The Balaban J connectivity index is 1.92. The highest BCUT2D eigenvalue weighted by Gasteiger charge is 2.24. The van der Waals surface area contributed by atoms with Gasteiger partial charge in [0.25, 0.3) is 0 Å². The topological polar surface area (TPSA) is 57.3 Å². The maximum absolute atomic E-state index is 11.9. The van der Waals surface area contributed by atoms with Crippen LogP contribution in [0.25, 0.3) is 0 Å². The van der Waals surface area contributed by atoms with Gasteiger partial charge in [-0.05, 0) is 31.9 Å². The van der Waals surface area contributed by atoms with Crippen LogP contribution in [-0.4, -0.2) is 37.1 Å². The molecular formula is C15H24N4O. The highest BCUT2D eigenvalue weighted by Crippen LogP contribution is 2.19. The largest absolute Gasteiger partial charge is 0.352 e. The van der Waals surface area contributed by atoms with Gasteiger partial charge in [0.15, 0.2) is 0 Å². The van der Waals surface area contributed by atoms with Crippen LogP contribution in [0.3, 0.4) is 0 Å². The molecule has 1 aromatic heterocycles. The van der Waals surface area contributed by atoms with E-state index in [0.717, 1.165) is 43.7 Å². The van der Waals surface area contributed by atoms with Crippen molar-refractivity contribution < 1.29 is 4.79 Å². The number of rotatable bonds is 8. The van der Waals surface area contributed by atoms with Crippen molar-refractivity contribution in [3.05, 3.63) is 23.9 Å². The van der Waals surface area contributed by atoms with Crippen LogP contribution in [0.4, 0.5) is 5.82 Å². The molecule has 2 N–H and O–H groups in total. The van der Waals surface area contributed by atoms with Gasteiger partial charge in [0.05, 0.1) is 6.54 Å². The van der Waals surface area contributed by atoms with Crippen molar-refractivity contribution in [1.29, 1.82) is 0 Å². The van der Waals surface area contributed by atoms with Gasteiger partial charge in [0, 0.05) is 31.4 Å². The lowest BCUT2D eigenvalue weighted by molar-refractivity contribution is -0.119. The van der Waals surface area contributed by atoms with Crippen LogP contribution in [0, 0.1) is 0 Å². The van der Waals surface area contributed by atoms with E-state index in [1.54, 1.807) is 6.20 Å². The molecule has 0 spiro atoms. The highest BCUT2D eigenvalue weighted by molar-refractivity contribution is 5.81. The molecular weight excluding hydrogens is 252 g/mol. The summed E-state index contributed by atoms with van der Waals surface area (Å²) in [6.07, 6.45) is 5.11. The minimum Gasteiger partial charge on any atom is -0.352 e. The van der Waals surface area contributed by atoms with E-state index in [1.807, 2.05) is 18.0 Å². The summed E-state index contributed by atoms with van der Waals surface area (Å²) in [6.45, 7) is 4.27. The average molecular weight is 276 g/mol. The molecule has 0 atom stereocenters. The molecule has 0 radical (unpaired) electrons. The third-order valence-corrected chi connectivity index (χ3v) is 3.29. The summed E-state index contributed by atoms with van der Waals surface area (Å²) < 4.78 is 0. The van der Waals surface area contributed by atoms with E-state index in [4.69, 9.17) is 0 Å². The first kappa shape index (κ1) is 14.8. The number of hydrogen-bond acceptors (Lipinski definition) is 4. The molecule has 0 bridgehead atoms. The smallest absolute Gasteiger partial charge is 0.239 e. The van der Waals surface area contributed by atoms with E-state index in [9.17, 15) is 4.79 Å². The predicted molar refractivity (Wildman–Crippen MR) is 80.7 cm³/mol. The number of amides is 1. The second-order valence-electron chi connectivity index (χ2n) is 5.36. The third kappa shape index (κ3) is 4.49. The van der Waals surface area contributed by atoms with Gasteiger partial charge in [0.1, 0.15) is 5.82 Å². The molecule has 1 amide bonds. The first-order chi connectivity index (χ1) is 9.70. The Hall–Kier alpha value is -1.62. The molecule has 0 aliphatic heterocycles. The monoisotopic (exact) mass is 276 g/mol. The third-order valence-electron chi connectivity index (χ3n) is 3.29. The summed E-state index contributed by atoms with van der Waals surface area (Å²) in [6, 6.07) is 4.40. The van der Waals surface area contributed by atoms with Crippen molar-refractivity contribution in [3.8, 4) is 0 Å². The van der Waals surface area contributed by atoms with Gasteiger partial charge < -0.3 is 15.5 Å². The van der Waals surface area contributed by atoms with Crippen LogP contribution < -0.4 is 15.5 Å². The first-order valence-corrected chi connectivity index (χ1v) is 7.35. The molecule has 110 valence electrons. The van der Waals surface area contributed by atoms with E-state index in [-0.39, 0.29) is 5.91 Å².